The Morgan fingerprint density at radius 3 is 2.47 bits per heavy atom. The van der Waals surface area contributed by atoms with Gasteiger partial charge in [0.1, 0.15) is 0 Å². The Balaban J connectivity index is 2.45. The number of aliphatic hydroxyl groups is 1. The van der Waals surface area contributed by atoms with Gasteiger partial charge in [-0.2, -0.15) is 0 Å². The van der Waals surface area contributed by atoms with Gasteiger partial charge in [0, 0.05) is 19.6 Å². The van der Waals surface area contributed by atoms with Crippen molar-refractivity contribution in [1.29, 1.82) is 0 Å². The summed E-state index contributed by atoms with van der Waals surface area (Å²) in [5, 5.41) is 9.67. The molecule has 1 rings (SSSR count). The first-order chi connectivity index (χ1) is 7.62. The summed E-state index contributed by atoms with van der Waals surface area (Å²) in [5.41, 5.74) is 0. The van der Waals surface area contributed by atoms with Crippen molar-refractivity contribution in [1.82, 2.24) is 4.90 Å². The first-order valence-electron chi connectivity index (χ1n) is 6.70. The van der Waals surface area contributed by atoms with Crippen LogP contribution < -0.4 is 0 Å². The Morgan fingerprint density at radius 1 is 1.41 bits per heavy atom. The Labute approximate surface area is 107 Å². The smallest absolute Gasteiger partial charge is 0.192 e. The maximum atomic E-state index is 9.39. The van der Waals surface area contributed by atoms with Gasteiger partial charge in [-0.05, 0) is 31.5 Å². The Hall–Kier alpha value is 0.0969. The fourth-order valence-electron chi connectivity index (χ4n) is 2.03. The molecule has 0 unspecified atom stereocenters. The Bertz CT molecular complexity index is 248. The minimum Gasteiger partial charge on any atom is -0.413 e. The second kappa shape index (κ2) is 5.39. The predicted molar refractivity (Wildman–Crippen MR) is 74.8 cm³/mol. The maximum absolute atomic E-state index is 9.39. The van der Waals surface area contributed by atoms with Gasteiger partial charge >= 0.3 is 0 Å². The SMILES string of the molecule is C[C@@H](O)CN1CC[C@H](O[Si](C)(C)C(C)(C)C)C1. The molecule has 0 aromatic heterocycles. The normalized spacial score (nSPS) is 25.2. The molecule has 0 radical (unpaired) electrons. The topological polar surface area (TPSA) is 32.7 Å². The largest absolute Gasteiger partial charge is 0.413 e. The molecule has 3 nitrogen and oxygen atoms in total. The van der Waals surface area contributed by atoms with Crippen molar-refractivity contribution in [2.75, 3.05) is 19.6 Å². The van der Waals surface area contributed by atoms with Gasteiger partial charge in [0.05, 0.1) is 12.2 Å². The average molecular weight is 259 g/mol. The number of likely N-dealkylation sites (tertiary alicyclic amines) is 1. The van der Waals surface area contributed by atoms with Gasteiger partial charge in [-0.1, -0.05) is 20.8 Å². The number of β-amino-alcohol motifs (C(OH)–C–C–N with tert-alkyl or cyclic N) is 1. The van der Waals surface area contributed by atoms with Gasteiger partial charge in [0.2, 0.25) is 0 Å². The van der Waals surface area contributed by atoms with Crippen LogP contribution in [-0.4, -0.2) is 50.2 Å². The van der Waals surface area contributed by atoms with Crippen LogP contribution in [0.25, 0.3) is 0 Å². The molecular weight excluding hydrogens is 230 g/mol. The highest BCUT2D eigenvalue weighted by molar-refractivity contribution is 6.74. The molecule has 0 aromatic carbocycles. The quantitative estimate of drug-likeness (QED) is 0.787. The van der Waals surface area contributed by atoms with Crippen LogP contribution in [0.1, 0.15) is 34.1 Å². The molecule has 1 aliphatic rings. The first-order valence-corrected chi connectivity index (χ1v) is 9.61. The fraction of sp³-hybridized carbons (Fsp3) is 1.00. The van der Waals surface area contributed by atoms with Gasteiger partial charge in [-0.3, -0.25) is 4.90 Å². The molecule has 1 saturated heterocycles. The zero-order valence-corrected chi connectivity index (χ0v) is 13.3. The molecule has 0 bridgehead atoms. The van der Waals surface area contributed by atoms with E-state index in [4.69, 9.17) is 4.43 Å². The molecule has 102 valence electrons. The molecule has 0 spiro atoms. The fourth-order valence-corrected chi connectivity index (χ4v) is 3.41. The molecule has 1 heterocycles. The third-order valence-corrected chi connectivity index (χ3v) is 8.55. The van der Waals surface area contributed by atoms with Crippen LogP contribution >= 0.6 is 0 Å². The van der Waals surface area contributed by atoms with Crippen molar-refractivity contribution in [3.05, 3.63) is 0 Å². The number of hydrogen-bond donors (Lipinski definition) is 1. The Kier molecular flexibility index (Phi) is 4.80. The van der Waals surface area contributed by atoms with E-state index in [0.29, 0.717) is 6.10 Å². The van der Waals surface area contributed by atoms with Crippen molar-refractivity contribution >= 4 is 8.32 Å². The van der Waals surface area contributed by atoms with Crippen LogP contribution in [0.4, 0.5) is 0 Å². The lowest BCUT2D eigenvalue weighted by atomic mass is 10.2. The molecule has 1 aliphatic heterocycles. The summed E-state index contributed by atoms with van der Waals surface area (Å²) in [5.74, 6) is 0. The Morgan fingerprint density at radius 2 is 2.00 bits per heavy atom. The average Bonchev–Trinajstić information content (AvgIpc) is 2.48. The van der Waals surface area contributed by atoms with Crippen LogP contribution in [0.5, 0.6) is 0 Å². The second-order valence-electron chi connectivity index (χ2n) is 6.90. The van der Waals surface area contributed by atoms with Crippen LogP contribution in [0, 0.1) is 0 Å². The second-order valence-corrected chi connectivity index (χ2v) is 11.7. The van der Waals surface area contributed by atoms with E-state index in [9.17, 15) is 5.11 Å². The van der Waals surface area contributed by atoms with Crippen molar-refractivity contribution < 1.29 is 9.53 Å². The van der Waals surface area contributed by atoms with Crippen molar-refractivity contribution in [3.63, 3.8) is 0 Å². The van der Waals surface area contributed by atoms with E-state index in [1.807, 2.05) is 6.92 Å². The molecule has 0 aromatic rings. The molecule has 0 amide bonds. The van der Waals surface area contributed by atoms with Crippen LogP contribution in [-0.2, 0) is 4.43 Å². The minimum absolute atomic E-state index is 0.235. The van der Waals surface area contributed by atoms with E-state index in [-0.39, 0.29) is 11.1 Å². The van der Waals surface area contributed by atoms with E-state index in [2.05, 4.69) is 38.8 Å². The lowest BCUT2D eigenvalue weighted by molar-refractivity contribution is 0.127. The predicted octanol–water partition coefficient (Wildman–Crippen LogP) is 2.46. The van der Waals surface area contributed by atoms with Crippen molar-refractivity contribution in [3.8, 4) is 0 Å². The lowest BCUT2D eigenvalue weighted by Crippen LogP contribution is -2.44. The van der Waals surface area contributed by atoms with E-state index >= 15 is 0 Å². The molecular formula is C13H29NO2Si. The van der Waals surface area contributed by atoms with Gasteiger partial charge in [-0.25, -0.2) is 0 Å². The summed E-state index contributed by atoms with van der Waals surface area (Å²) in [6.07, 6.45) is 1.25. The standard InChI is InChI=1S/C13H29NO2Si/c1-11(15)9-14-8-7-12(10-14)16-17(5,6)13(2,3)4/h11-12,15H,7-10H2,1-6H3/t11-,12+/m1/s1. The highest BCUT2D eigenvalue weighted by Crippen LogP contribution is 2.38. The summed E-state index contributed by atoms with van der Waals surface area (Å²) >= 11 is 0. The molecule has 4 heteroatoms. The first kappa shape index (κ1) is 15.2. The minimum atomic E-state index is -1.63. The summed E-state index contributed by atoms with van der Waals surface area (Å²) < 4.78 is 6.39. The summed E-state index contributed by atoms with van der Waals surface area (Å²) in [7, 11) is -1.63. The van der Waals surface area contributed by atoms with E-state index in [1.54, 1.807) is 0 Å². The summed E-state index contributed by atoms with van der Waals surface area (Å²) in [4.78, 5) is 2.31. The highest BCUT2D eigenvalue weighted by atomic mass is 28.4. The highest BCUT2D eigenvalue weighted by Gasteiger charge is 2.40. The maximum Gasteiger partial charge on any atom is 0.192 e. The van der Waals surface area contributed by atoms with Gasteiger partial charge in [-0.15, -0.1) is 0 Å². The third-order valence-electron chi connectivity index (χ3n) is 4.02. The lowest BCUT2D eigenvalue weighted by Gasteiger charge is -2.38. The van der Waals surface area contributed by atoms with Gasteiger partial charge in [0.15, 0.2) is 8.32 Å². The molecule has 2 atom stereocenters. The molecule has 0 saturated carbocycles. The summed E-state index contributed by atoms with van der Waals surface area (Å²) in [6.45, 7) is 16.1. The van der Waals surface area contributed by atoms with Gasteiger partial charge in [0.25, 0.3) is 0 Å². The third kappa shape index (κ3) is 4.36. The zero-order valence-electron chi connectivity index (χ0n) is 12.3. The number of nitrogens with zero attached hydrogens (tertiary/aromatic N) is 1. The van der Waals surface area contributed by atoms with Crippen LogP contribution in [0.2, 0.25) is 18.1 Å². The molecule has 17 heavy (non-hydrogen) atoms. The number of hydrogen-bond acceptors (Lipinski definition) is 3. The van der Waals surface area contributed by atoms with E-state index < -0.39 is 8.32 Å². The number of rotatable bonds is 4. The zero-order chi connectivity index (χ0) is 13.3. The molecule has 0 aliphatic carbocycles. The van der Waals surface area contributed by atoms with Crippen LogP contribution in [0.3, 0.4) is 0 Å². The molecule has 1 fully saturated rings. The molecule has 1 N–H and O–H groups in total. The van der Waals surface area contributed by atoms with E-state index in [1.165, 1.54) is 0 Å². The monoisotopic (exact) mass is 259 g/mol. The van der Waals surface area contributed by atoms with Crippen molar-refractivity contribution in [2.24, 2.45) is 0 Å². The van der Waals surface area contributed by atoms with Crippen molar-refractivity contribution in [2.45, 2.75) is 64.5 Å². The summed E-state index contributed by atoms with van der Waals surface area (Å²) in [6, 6.07) is 0. The van der Waals surface area contributed by atoms with Gasteiger partial charge < -0.3 is 9.53 Å². The van der Waals surface area contributed by atoms with Crippen LogP contribution in [0.15, 0.2) is 0 Å². The van der Waals surface area contributed by atoms with E-state index in [0.717, 1.165) is 26.1 Å². The number of aliphatic hydroxyl groups excluding tert-OH is 1.